The van der Waals surface area contributed by atoms with Crippen molar-refractivity contribution in [2.24, 2.45) is 17.8 Å². The van der Waals surface area contributed by atoms with Gasteiger partial charge in [-0.2, -0.15) is 13.2 Å². The number of sulfonamides is 1. The third-order valence-corrected chi connectivity index (χ3v) is 14.8. The molecular weight excluding hydrogens is 821 g/mol. The number of nitrogens with one attached hydrogen (secondary N) is 2. The molecule has 59 heavy (non-hydrogen) atoms. The first-order valence-corrected chi connectivity index (χ1v) is 21.5. The number of nitrogens with zero attached hydrogens (tertiary/aromatic N) is 4. The molecule has 0 bridgehead atoms. The summed E-state index contributed by atoms with van der Waals surface area (Å²) in [6, 6.07) is 1.40. The lowest BCUT2D eigenvalue weighted by Crippen LogP contribution is -2.66. The van der Waals surface area contributed by atoms with Crippen molar-refractivity contribution >= 4 is 56.5 Å². The summed E-state index contributed by atoms with van der Waals surface area (Å²) in [7, 11) is -2.68. The second-order valence-electron chi connectivity index (χ2n) is 17.0. The van der Waals surface area contributed by atoms with E-state index < -0.39 is 92.4 Å². The van der Waals surface area contributed by atoms with Gasteiger partial charge in [-0.1, -0.05) is 44.0 Å². The summed E-state index contributed by atoms with van der Waals surface area (Å²) in [5.74, 6) is -4.44. The first-order valence-electron chi connectivity index (χ1n) is 19.6. The molecule has 20 heteroatoms. The number of amides is 4. The van der Waals surface area contributed by atoms with Crippen molar-refractivity contribution < 1.29 is 55.3 Å². The molecular formula is C39H50ClF3N6O9S. The predicted molar refractivity (Wildman–Crippen MR) is 209 cm³/mol. The van der Waals surface area contributed by atoms with Crippen molar-refractivity contribution in [1.82, 2.24) is 29.8 Å². The van der Waals surface area contributed by atoms with E-state index in [1.165, 1.54) is 14.0 Å². The van der Waals surface area contributed by atoms with Crippen LogP contribution >= 0.6 is 11.6 Å². The summed E-state index contributed by atoms with van der Waals surface area (Å²) in [4.78, 5) is 66.6. The number of fused-ring (bicyclic) bond motifs is 3. The average molecular weight is 871 g/mol. The number of carbonyl (C=O) groups excluding carboxylic acids is 3. The molecule has 4 aliphatic rings. The quantitative estimate of drug-likeness (QED) is 0.265. The van der Waals surface area contributed by atoms with E-state index in [-0.39, 0.29) is 47.5 Å². The number of rotatable bonds is 9. The zero-order valence-corrected chi connectivity index (χ0v) is 35.2. The number of hydrogen-bond donors (Lipinski definition) is 3. The number of ether oxygens (including phenoxy) is 2. The highest BCUT2D eigenvalue weighted by molar-refractivity contribution is 7.91. The van der Waals surface area contributed by atoms with Crippen molar-refractivity contribution in [3.8, 4) is 11.6 Å². The number of carbonyl (C=O) groups is 4. The molecule has 3 N–H and O–H groups in total. The number of hydrogen-bond acceptors (Lipinski definition) is 10. The second-order valence-corrected chi connectivity index (χ2v) is 19.5. The lowest BCUT2D eigenvalue weighted by molar-refractivity contribution is -0.222. The molecule has 15 nitrogen and oxygen atoms in total. The Morgan fingerprint density at radius 3 is 2.46 bits per heavy atom. The first kappa shape index (κ1) is 44.2. The molecule has 1 aromatic carbocycles. The van der Waals surface area contributed by atoms with Crippen LogP contribution in [-0.4, -0.2) is 111 Å². The fourth-order valence-corrected chi connectivity index (χ4v) is 9.62. The predicted octanol–water partition coefficient (Wildman–Crippen LogP) is 5.61. The van der Waals surface area contributed by atoms with Gasteiger partial charge in [-0.15, -0.1) is 0 Å². The van der Waals surface area contributed by atoms with E-state index in [2.05, 4.69) is 20.0 Å². The molecule has 6 rings (SSSR count). The minimum Gasteiger partial charge on any atom is -0.497 e. The van der Waals surface area contributed by atoms with Gasteiger partial charge < -0.3 is 24.8 Å². The monoisotopic (exact) mass is 870 g/mol. The first-order chi connectivity index (χ1) is 27.5. The minimum absolute atomic E-state index is 0.0301. The van der Waals surface area contributed by atoms with Gasteiger partial charge in [0.15, 0.2) is 5.15 Å². The third kappa shape index (κ3) is 8.50. The van der Waals surface area contributed by atoms with E-state index in [1.54, 1.807) is 37.3 Å². The lowest BCUT2D eigenvalue weighted by atomic mass is 9.82. The lowest BCUT2D eigenvalue weighted by Gasteiger charge is -2.46. The van der Waals surface area contributed by atoms with Crippen LogP contribution in [0.2, 0.25) is 5.15 Å². The maximum absolute atomic E-state index is 15.1. The van der Waals surface area contributed by atoms with Gasteiger partial charge in [0.05, 0.1) is 29.4 Å². The Morgan fingerprint density at radius 2 is 1.85 bits per heavy atom. The number of aromatic nitrogens is 2. The summed E-state index contributed by atoms with van der Waals surface area (Å²) >= 11 is 6.48. The van der Waals surface area contributed by atoms with Crippen molar-refractivity contribution in [3.05, 3.63) is 35.5 Å². The van der Waals surface area contributed by atoms with Gasteiger partial charge in [0, 0.05) is 18.4 Å². The number of alkyl halides is 3. The Morgan fingerprint density at radius 1 is 1.15 bits per heavy atom. The molecule has 1 aromatic heterocycles. The van der Waals surface area contributed by atoms with Crippen LogP contribution in [0, 0.1) is 17.8 Å². The van der Waals surface area contributed by atoms with Crippen molar-refractivity contribution in [2.75, 3.05) is 13.7 Å². The van der Waals surface area contributed by atoms with E-state index in [0.717, 1.165) is 4.90 Å². The molecule has 4 amide bonds. The molecule has 1 saturated heterocycles. The fourth-order valence-electron chi connectivity index (χ4n) is 8.13. The smallest absolute Gasteiger partial charge is 0.411 e. The number of allylic oxidation sites excluding steroid dienone is 1. The summed E-state index contributed by atoms with van der Waals surface area (Å²) in [6.07, 6.45) is -3.01. The maximum atomic E-state index is 15.1. The minimum atomic E-state index is -5.11. The van der Waals surface area contributed by atoms with Crippen LogP contribution < -0.4 is 19.5 Å². The topological polar surface area (TPSA) is 197 Å². The number of benzene rings is 1. The van der Waals surface area contributed by atoms with Gasteiger partial charge in [0.2, 0.25) is 21.8 Å². The standard InChI is InChI=1S/C39H50ClF3N6O9S/c1-7-22-16-21(2)10-8-9-11-23-19-38(23,34(52)47-59(55,56)37(5)14-15-37)46-31(50)28-18-25(58-32-30(40)44-26-13-12-24(57-6)17-27(26)45-32)20-48(28)33(51)29(22)49(35(53)54)36(3,4)39(41,42)43/h9,11-13,17,21-23,25,28-29H,7-8,10,14-16,18-20H2,1-6H3,(H,46,50)(H,47,52)(H,53,54)/t21-,22-,23-,25-,28+,29+,38-/m1/s1. The van der Waals surface area contributed by atoms with E-state index >= 15 is 4.79 Å². The van der Waals surface area contributed by atoms with E-state index in [1.807, 2.05) is 6.92 Å². The van der Waals surface area contributed by atoms with Gasteiger partial charge in [0.1, 0.15) is 35.0 Å². The Balaban J connectivity index is 1.44. The van der Waals surface area contributed by atoms with E-state index in [4.69, 9.17) is 21.1 Å². The molecule has 0 spiro atoms. The molecule has 2 aliphatic carbocycles. The van der Waals surface area contributed by atoms with Crippen LogP contribution in [0.5, 0.6) is 11.6 Å². The highest BCUT2D eigenvalue weighted by atomic mass is 35.5. The third-order valence-electron chi connectivity index (χ3n) is 12.4. The Hall–Kier alpha value is -4.39. The Labute approximate surface area is 345 Å². The average Bonchev–Trinajstić information content (AvgIpc) is 4.03. The molecule has 324 valence electrons. The molecule has 2 aromatic rings. The van der Waals surface area contributed by atoms with E-state index in [0.29, 0.717) is 56.3 Å². The van der Waals surface area contributed by atoms with Crippen molar-refractivity contribution in [3.63, 3.8) is 0 Å². The number of carboxylic acid groups (broad SMARTS) is 1. The number of halogens is 4. The molecule has 3 fully saturated rings. The Bertz CT molecular complexity index is 2150. The molecule has 7 atom stereocenters. The fraction of sp³-hybridized carbons (Fsp3) is 0.641. The van der Waals surface area contributed by atoms with Gasteiger partial charge in [-0.05, 0) is 83.3 Å². The zero-order valence-electron chi connectivity index (χ0n) is 33.6. The number of methoxy groups -OCH3 is 1. The SMILES string of the molecule is CC[C@@H]1C[C@H](C)CCC=C[C@@H]2C[C@@]2(C(=O)NS(=O)(=O)C2(C)CC2)NC(=O)[C@@H]2C[C@@H](Oc3nc4cc(OC)ccc4nc3Cl)CN2C(=O)[C@H]1N(C(=O)O)C(C)(C)C(F)(F)F. The van der Waals surface area contributed by atoms with Crippen LogP contribution in [-0.2, 0) is 24.4 Å². The largest absolute Gasteiger partial charge is 0.497 e. The summed E-state index contributed by atoms with van der Waals surface area (Å²) in [5, 5.41) is 13.1. The molecule has 2 aliphatic heterocycles. The van der Waals surface area contributed by atoms with Crippen molar-refractivity contribution in [1.29, 1.82) is 0 Å². The van der Waals surface area contributed by atoms with Gasteiger partial charge >= 0.3 is 12.3 Å². The molecule has 0 unspecified atom stereocenters. The van der Waals surface area contributed by atoms with Gasteiger partial charge in [-0.25, -0.2) is 23.2 Å². The molecule has 0 radical (unpaired) electrons. The van der Waals surface area contributed by atoms with Gasteiger partial charge in [-0.3, -0.25) is 24.0 Å². The normalized spacial score (nSPS) is 28.7. The van der Waals surface area contributed by atoms with Crippen molar-refractivity contribution in [2.45, 2.75) is 126 Å². The zero-order chi connectivity index (χ0) is 43.5. The van der Waals surface area contributed by atoms with Crippen LogP contribution in [0.25, 0.3) is 11.0 Å². The van der Waals surface area contributed by atoms with Crippen LogP contribution in [0.1, 0.15) is 86.0 Å². The summed E-state index contributed by atoms with van der Waals surface area (Å²) in [6.45, 7) is 5.96. The second kappa shape index (κ2) is 15.9. The van der Waals surface area contributed by atoms with Crippen LogP contribution in [0.3, 0.4) is 0 Å². The molecule has 2 saturated carbocycles. The van der Waals surface area contributed by atoms with Crippen LogP contribution in [0.15, 0.2) is 30.4 Å². The van der Waals surface area contributed by atoms with Gasteiger partial charge in [0.25, 0.3) is 11.8 Å². The maximum Gasteiger partial charge on any atom is 0.411 e. The van der Waals surface area contributed by atoms with E-state index in [9.17, 15) is 41.1 Å². The van der Waals surface area contributed by atoms with Crippen LogP contribution in [0.4, 0.5) is 18.0 Å². The molecule has 3 heterocycles. The highest BCUT2D eigenvalue weighted by Gasteiger charge is 2.64. The summed E-state index contributed by atoms with van der Waals surface area (Å²) in [5.41, 5.74) is -4.08. The Kier molecular flexibility index (Phi) is 11.9. The highest BCUT2D eigenvalue weighted by Crippen LogP contribution is 2.48. The summed E-state index contributed by atoms with van der Waals surface area (Å²) < 4.78 is 83.2.